The number of unbranched alkanes of at least 4 members (excludes halogenated alkanes) is 1. The SMILES string of the molecule is CCCCC(=O)NC(=S)Nc1cccc(C(=O)NCC2CCCO2)c1. The average molecular weight is 363 g/mol. The zero-order chi connectivity index (χ0) is 18.1. The highest BCUT2D eigenvalue weighted by Crippen LogP contribution is 2.13. The molecule has 7 heteroatoms. The molecule has 0 aliphatic carbocycles. The fraction of sp³-hybridized carbons (Fsp3) is 0.500. The van der Waals surface area contributed by atoms with Crippen molar-refractivity contribution in [2.24, 2.45) is 0 Å². The van der Waals surface area contributed by atoms with Crippen LogP contribution in [0.5, 0.6) is 0 Å². The van der Waals surface area contributed by atoms with E-state index >= 15 is 0 Å². The van der Waals surface area contributed by atoms with Gasteiger partial charge in [-0.05, 0) is 49.7 Å². The van der Waals surface area contributed by atoms with Crippen LogP contribution in [-0.2, 0) is 9.53 Å². The van der Waals surface area contributed by atoms with Gasteiger partial charge in [0.25, 0.3) is 5.91 Å². The van der Waals surface area contributed by atoms with Crippen LogP contribution >= 0.6 is 12.2 Å². The van der Waals surface area contributed by atoms with Gasteiger partial charge in [-0.15, -0.1) is 0 Å². The Hall–Kier alpha value is -1.99. The minimum atomic E-state index is -0.156. The van der Waals surface area contributed by atoms with E-state index in [4.69, 9.17) is 17.0 Å². The maximum absolute atomic E-state index is 12.2. The molecular formula is C18H25N3O3S. The standard InChI is InChI=1S/C18H25N3O3S/c1-2-3-9-16(22)21-18(25)20-14-7-4-6-13(11-14)17(23)19-12-15-8-5-10-24-15/h4,6-7,11,15H,2-3,5,8-10,12H2,1H3,(H,19,23)(H2,20,21,22,25). The molecule has 1 aliphatic heterocycles. The lowest BCUT2D eigenvalue weighted by molar-refractivity contribution is -0.119. The predicted octanol–water partition coefficient (Wildman–Crippen LogP) is 2.60. The number of ether oxygens (including phenoxy) is 1. The van der Waals surface area contributed by atoms with Crippen molar-refractivity contribution in [3.05, 3.63) is 29.8 Å². The number of amides is 2. The molecule has 0 bridgehead atoms. The smallest absolute Gasteiger partial charge is 0.251 e. The van der Waals surface area contributed by atoms with Gasteiger partial charge in [-0.1, -0.05) is 19.4 Å². The van der Waals surface area contributed by atoms with E-state index in [2.05, 4.69) is 16.0 Å². The van der Waals surface area contributed by atoms with E-state index in [9.17, 15) is 9.59 Å². The third-order valence-electron chi connectivity index (χ3n) is 3.91. The Morgan fingerprint density at radius 2 is 2.20 bits per heavy atom. The van der Waals surface area contributed by atoms with E-state index in [-0.39, 0.29) is 23.0 Å². The van der Waals surface area contributed by atoms with Crippen LogP contribution in [-0.4, -0.2) is 36.2 Å². The van der Waals surface area contributed by atoms with E-state index < -0.39 is 0 Å². The van der Waals surface area contributed by atoms with Gasteiger partial charge >= 0.3 is 0 Å². The van der Waals surface area contributed by atoms with Crippen molar-refractivity contribution >= 4 is 34.8 Å². The van der Waals surface area contributed by atoms with Crippen LogP contribution < -0.4 is 16.0 Å². The number of thiocarbonyl (C=S) groups is 1. The van der Waals surface area contributed by atoms with Crippen LogP contribution in [0.1, 0.15) is 49.4 Å². The van der Waals surface area contributed by atoms with E-state index in [0.29, 0.717) is 24.2 Å². The molecule has 2 amide bonds. The topological polar surface area (TPSA) is 79.5 Å². The molecule has 136 valence electrons. The summed E-state index contributed by atoms with van der Waals surface area (Å²) in [6.45, 7) is 3.31. The number of benzene rings is 1. The Labute approximate surface area is 153 Å². The highest BCUT2D eigenvalue weighted by atomic mass is 32.1. The second kappa shape index (κ2) is 10.1. The third-order valence-corrected chi connectivity index (χ3v) is 4.11. The molecule has 3 N–H and O–H groups in total. The molecule has 1 aliphatic rings. The first kappa shape index (κ1) is 19.3. The van der Waals surface area contributed by atoms with E-state index in [1.807, 2.05) is 6.92 Å². The van der Waals surface area contributed by atoms with Crippen LogP contribution in [0.2, 0.25) is 0 Å². The first-order valence-electron chi connectivity index (χ1n) is 8.69. The second-order valence-corrected chi connectivity index (χ2v) is 6.44. The first-order valence-corrected chi connectivity index (χ1v) is 9.10. The summed E-state index contributed by atoms with van der Waals surface area (Å²) in [5.41, 5.74) is 1.19. The number of carbonyl (C=O) groups excluding carboxylic acids is 2. The monoisotopic (exact) mass is 363 g/mol. The molecule has 2 rings (SSSR count). The zero-order valence-corrected chi connectivity index (χ0v) is 15.3. The largest absolute Gasteiger partial charge is 0.376 e. The molecule has 1 aromatic rings. The molecule has 25 heavy (non-hydrogen) atoms. The van der Waals surface area contributed by atoms with Crippen LogP contribution in [0.15, 0.2) is 24.3 Å². The van der Waals surface area contributed by atoms with Crippen molar-refractivity contribution in [3.63, 3.8) is 0 Å². The van der Waals surface area contributed by atoms with Gasteiger partial charge in [0.1, 0.15) is 0 Å². The molecule has 1 fully saturated rings. The molecule has 1 heterocycles. The molecular weight excluding hydrogens is 338 g/mol. The molecule has 1 aromatic carbocycles. The van der Waals surface area contributed by atoms with Gasteiger partial charge in [-0.25, -0.2) is 0 Å². The van der Waals surface area contributed by atoms with Crippen molar-refractivity contribution in [1.82, 2.24) is 10.6 Å². The van der Waals surface area contributed by atoms with Gasteiger partial charge in [0.2, 0.25) is 5.91 Å². The third kappa shape index (κ3) is 6.80. The number of nitrogens with one attached hydrogen (secondary N) is 3. The molecule has 1 atom stereocenters. The van der Waals surface area contributed by atoms with Crippen molar-refractivity contribution < 1.29 is 14.3 Å². The highest BCUT2D eigenvalue weighted by Gasteiger charge is 2.16. The summed E-state index contributed by atoms with van der Waals surface area (Å²) >= 11 is 5.14. The maximum Gasteiger partial charge on any atom is 0.251 e. The Balaban J connectivity index is 1.83. The molecule has 0 radical (unpaired) electrons. The maximum atomic E-state index is 12.2. The number of anilines is 1. The second-order valence-electron chi connectivity index (χ2n) is 6.03. The van der Waals surface area contributed by atoms with E-state index in [1.54, 1.807) is 24.3 Å². The Bertz CT molecular complexity index is 615. The Morgan fingerprint density at radius 3 is 2.92 bits per heavy atom. The van der Waals surface area contributed by atoms with Crippen LogP contribution in [0.25, 0.3) is 0 Å². The summed E-state index contributed by atoms with van der Waals surface area (Å²) < 4.78 is 5.50. The average Bonchev–Trinajstić information content (AvgIpc) is 3.11. The summed E-state index contributed by atoms with van der Waals surface area (Å²) in [6, 6.07) is 7.00. The van der Waals surface area contributed by atoms with Crippen molar-refractivity contribution in [3.8, 4) is 0 Å². The summed E-state index contributed by atoms with van der Waals surface area (Å²) in [5.74, 6) is -0.262. The minimum Gasteiger partial charge on any atom is -0.376 e. The van der Waals surface area contributed by atoms with Crippen LogP contribution in [0.3, 0.4) is 0 Å². The van der Waals surface area contributed by atoms with Gasteiger partial charge in [0.15, 0.2) is 5.11 Å². The lowest BCUT2D eigenvalue weighted by Crippen LogP contribution is -2.34. The summed E-state index contributed by atoms with van der Waals surface area (Å²) in [4.78, 5) is 23.9. The first-order chi connectivity index (χ1) is 12.1. The quantitative estimate of drug-likeness (QED) is 0.649. The fourth-order valence-electron chi connectivity index (χ4n) is 2.54. The minimum absolute atomic E-state index is 0.107. The number of rotatable bonds is 7. The molecule has 0 spiro atoms. The number of carbonyl (C=O) groups is 2. The lowest BCUT2D eigenvalue weighted by Gasteiger charge is -2.12. The van der Waals surface area contributed by atoms with Crippen molar-refractivity contribution in [1.29, 1.82) is 0 Å². The van der Waals surface area contributed by atoms with E-state index in [0.717, 1.165) is 32.3 Å². The van der Waals surface area contributed by atoms with Crippen LogP contribution in [0, 0.1) is 0 Å². The van der Waals surface area contributed by atoms with Gasteiger partial charge in [0, 0.05) is 30.8 Å². The normalized spacial score (nSPS) is 16.3. The van der Waals surface area contributed by atoms with Crippen molar-refractivity contribution in [2.75, 3.05) is 18.5 Å². The van der Waals surface area contributed by atoms with Gasteiger partial charge in [-0.3, -0.25) is 9.59 Å². The molecule has 0 aromatic heterocycles. The molecule has 0 saturated carbocycles. The van der Waals surface area contributed by atoms with Gasteiger partial charge in [-0.2, -0.15) is 0 Å². The Morgan fingerprint density at radius 1 is 1.36 bits per heavy atom. The Kier molecular flexibility index (Phi) is 7.81. The molecule has 1 unspecified atom stereocenters. The predicted molar refractivity (Wildman–Crippen MR) is 102 cm³/mol. The number of hydrogen-bond acceptors (Lipinski definition) is 4. The van der Waals surface area contributed by atoms with E-state index in [1.165, 1.54) is 0 Å². The van der Waals surface area contributed by atoms with Crippen molar-refractivity contribution in [2.45, 2.75) is 45.1 Å². The summed E-state index contributed by atoms with van der Waals surface area (Å²) in [7, 11) is 0. The molecule has 1 saturated heterocycles. The zero-order valence-electron chi connectivity index (χ0n) is 14.5. The summed E-state index contributed by atoms with van der Waals surface area (Å²) in [6.07, 6.45) is 4.36. The van der Waals surface area contributed by atoms with Gasteiger partial charge in [0.05, 0.1) is 6.10 Å². The lowest BCUT2D eigenvalue weighted by atomic mass is 10.1. The molecule has 6 nitrogen and oxygen atoms in total. The van der Waals surface area contributed by atoms with Gasteiger partial charge < -0.3 is 20.7 Å². The van der Waals surface area contributed by atoms with Crippen LogP contribution in [0.4, 0.5) is 5.69 Å². The number of hydrogen-bond donors (Lipinski definition) is 3. The summed E-state index contributed by atoms with van der Waals surface area (Å²) in [5, 5.41) is 8.69. The highest BCUT2D eigenvalue weighted by molar-refractivity contribution is 7.80. The fourth-order valence-corrected chi connectivity index (χ4v) is 2.77.